The van der Waals surface area contributed by atoms with Gasteiger partial charge in [0.15, 0.2) is 5.60 Å². The van der Waals surface area contributed by atoms with Crippen molar-refractivity contribution in [2.24, 2.45) is 0 Å². The first-order valence-electron chi connectivity index (χ1n) is 9.36. The number of nitrogens with zero attached hydrogens (tertiary/aromatic N) is 3. The van der Waals surface area contributed by atoms with E-state index in [2.05, 4.69) is 20.5 Å². The highest BCUT2D eigenvalue weighted by Gasteiger charge is 2.61. The lowest BCUT2D eigenvalue weighted by Crippen LogP contribution is -2.49. The number of aromatic nitrogens is 3. The monoisotopic (exact) mass is 449 g/mol. The molecule has 1 saturated heterocycles. The summed E-state index contributed by atoms with van der Waals surface area (Å²) in [5.74, 6) is -1.66. The highest BCUT2D eigenvalue weighted by molar-refractivity contribution is 5.94. The fraction of sp³-hybridized carbons (Fsp3) is 0.500. The Morgan fingerprint density at radius 1 is 1.16 bits per heavy atom. The molecule has 0 aliphatic carbocycles. The Morgan fingerprint density at radius 3 is 2.45 bits per heavy atom. The van der Waals surface area contributed by atoms with Gasteiger partial charge in [-0.15, -0.1) is 0 Å². The van der Waals surface area contributed by atoms with Gasteiger partial charge in [0.25, 0.3) is 0 Å². The van der Waals surface area contributed by atoms with Gasteiger partial charge in [-0.05, 0) is 25.0 Å². The van der Waals surface area contributed by atoms with Crippen molar-refractivity contribution in [3.05, 3.63) is 35.2 Å². The molecule has 13 heteroatoms. The number of amides is 1. The van der Waals surface area contributed by atoms with Crippen LogP contribution >= 0.6 is 0 Å². The van der Waals surface area contributed by atoms with Crippen LogP contribution in [-0.2, 0) is 16.6 Å². The Labute approximate surface area is 171 Å². The molecule has 3 N–H and O–H groups in total. The predicted molar refractivity (Wildman–Crippen MR) is 95.2 cm³/mol. The number of piperidine rings is 1. The summed E-state index contributed by atoms with van der Waals surface area (Å²) in [6.45, 7) is 0.467. The van der Waals surface area contributed by atoms with E-state index in [9.17, 15) is 36.2 Å². The maximum absolute atomic E-state index is 13.6. The molecular formula is C18H17F6N5O2. The molecule has 1 fully saturated rings. The van der Waals surface area contributed by atoms with Crippen molar-refractivity contribution in [1.82, 2.24) is 15.2 Å². The molecule has 1 unspecified atom stereocenters. The van der Waals surface area contributed by atoms with Crippen LogP contribution in [-0.4, -0.2) is 45.5 Å². The van der Waals surface area contributed by atoms with E-state index in [1.54, 1.807) is 4.90 Å². The smallest absolute Gasteiger partial charge is 0.376 e. The topological polar surface area (TPSA) is 94.1 Å². The second kappa shape index (κ2) is 7.11. The van der Waals surface area contributed by atoms with E-state index in [0.717, 1.165) is 18.3 Å². The van der Waals surface area contributed by atoms with Crippen LogP contribution in [0.5, 0.6) is 0 Å². The number of fused-ring (bicyclic) bond motifs is 1. The van der Waals surface area contributed by atoms with Gasteiger partial charge in [-0.3, -0.25) is 9.89 Å². The molecule has 4 rings (SSSR count). The number of halogens is 6. The molecule has 2 aliphatic rings. The van der Waals surface area contributed by atoms with Gasteiger partial charge in [-0.25, -0.2) is 4.98 Å². The van der Waals surface area contributed by atoms with Gasteiger partial charge >= 0.3 is 12.4 Å². The van der Waals surface area contributed by atoms with Gasteiger partial charge in [-0.2, -0.15) is 31.4 Å². The fourth-order valence-corrected chi connectivity index (χ4v) is 4.06. The average Bonchev–Trinajstić information content (AvgIpc) is 3.11. The van der Waals surface area contributed by atoms with E-state index in [0.29, 0.717) is 0 Å². The van der Waals surface area contributed by atoms with E-state index >= 15 is 0 Å². The maximum Gasteiger partial charge on any atom is 0.422 e. The number of aliphatic hydroxyl groups is 1. The summed E-state index contributed by atoms with van der Waals surface area (Å²) in [6.07, 6.45) is -9.19. The first kappa shape index (κ1) is 21.4. The molecular weight excluding hydrogens is 432 g/mol. The zero-order valence-corrected chi connectivity index (χ0v) is 15.8. The zero-order chi connectivity index (χ0) is 22.6. The van der Waals surface area contributed by atoms with E-state index in [1.165, 1.54) is 0 Å². The van der Waals surface area contributed by atoms with E-state index < -0.39 is 47.3 Å². The van der Waals surface area contributed by atoms with Crippen LogP contribution < -0.4 is 10.2 Å². The van der Waals surface area contributed by atoms with Gasteiger partial charge in [0, 0.05) is 25.2 Å². The van der Waals surface area contributed by atoms with Crippen molar-refractivity contribution < 1.29 is 36.2 Å². The first-order chi connectivity index (χ1) is 14.4. The number of rotatable bonds is 2. The fourth-order valence-electron chi connectivity index (χ4n) is 4.06. The molecule has 0 aromatic carbocycles. The van der Waals surface area contributed by atoms with Crippen molar-refractivity contribution in [2.75, 3.05) is 23.3 Å². The maximum atomic E-state index is 13.6. The van der Waals surface area contributed by atoms with Gasteiger partial charge in [-0.1, -0.05) is 0 Å². The minimum absolute atomic E-state index is 0.00789. The summed E-state index contributed by atoms with van der Waals surface area (Å²) in [5, 5.41) is 18.9. The number of H-pyrrole nitrogens is 1. The molecule has 0 saturated carbocycles. The number of alkyl halides is 6. The number of hydrogen-bond donors (Lipinski definition) is 3. The molecule has 2 aromatic heterocycles. The van der Waals surface area contributed by atoms with Crippen molar-refractivity contribution >= 4 is 17.5 Å². The SMILES string of the molecule is O=C1CC(O)(C(F)(F)F)c2c(C3CCN(c4cc(C(F)(F)F)ccn4)CC3)n[nH]c2N1. The van der Waals surface area contributed by atoms with Crippen molar-refractivity contribution in [3.63, 3.8) is 0 Å². The third-order valence-electron chi connectivity index (χ3n) is 5.64. The van der Waals surface area contributed by atoms with Crippen molar-refractivity contribution in [3.8, 4) is 0 Å². The van der Waals surface area contributed by atoms with Crippen LogP contribution in [0.3, 0.4) is 0 Å². The predicted octanol–water partition coefficient (Wildman–Crippen LogP) is 3.30. The van der Waals surface area contributed by atoms with E-state index in [4.69, 9.17) is 0 Å². The number of nitrogens with one attached hydrogen (secondary N) is 2. The number of carbonyl (C=O) groups is 1. The van der Waals surface area contributed by atoms with Crippen LogP contribution in [0, 0.1) is 0 Å². The molecule has 1 atom stereocenters. The molecule has 0 radical (unpaired) electrons. The third-order valence-corrected chi connectivity index (χ3v) is 5.64. The van der Waals surface area contributed by atoms with Crippen LogP contribution in [0.1, 0.15) is 42.0 Å². The summed E-state index contributed by atoms with van der Waals surface area (Å²) < 4.78 is 79.7. The lowest BCUT2D eigenvalue weighted by Gasteiger charge is -2.36. The molecule has 0 bridgehead atoms. The highest BCUT2D eigenvalue weighted by atomic mass is 19.4. The standard InChI is InChI=1S/C18H17F6N5O2/c19-17(20,21)10-1-4-25-11(7-10)29-5-2-9(3-6-29)14-13-15(28-27-14)26-12(30)8-16(13,31)18(22,23)24/h1,4,7,9,31H,2-3,5-6,8H2,(H2,26,27,28,30). The normalized spacial score (nSPS) is 22.9. The summed E-state index contributed by atoms with van der Waals surface area (Å²) in [4.78, 5) is 17.2. The Balaban J connectivity index is 1.57. The van der Waals surface area contributed by atoms with Gasteiger partial charge in [0.2, 0.25) is 5.91 Å². The summed E-state index contributed by atoms with van der Waals surface area (Å²) in [6, 6.07) is 1.78. The second-order valence-corrected chi connectivity index (χ2v) is 7.60. The lowest BCUT2D eigenvalue weighted by atomic mass is 9.81. The summed E-state index contributed by atoms with van der Waals surface area (Å²) >= 11 is 0. The largest absolute Gasteiger partial charge is 0.422 e. The van der Waals surface area contributed by atoms with Crippen molar-refractivity contribution in [1.29, 1.82) is 0 Å². The quantitative estimate of drug-likeness (QED) is 0.612. The van der Waals surface area contributed by atoms with Gasteiger partial charge in [0.05, 0.1) is 23.2 Å². The van der Waals surface area contributed by atoms with Crippen LogP contribution in [0.4, 0.5) is 38.0 Å². The van der Waals surface area contributed by atoms with E-state index in [1.807, 2.05) is 0 Å². The van der Waals surface area contributed by atoms with E-state index in [-0.39, 0.29) is 43.3 Å². The molecule has 4 heterocycles. The van der Waals surface area contributed by atoms with Gasteiger partial charge in [0.1, 0.15) is 11.6 Å². The Morgan fingerprint density at radius 2 is 1.84 bits per heavy atom. The highest BCUT2D eigenvalue weighted by Crippen LogP contribution is 2.49. The molecule has 0 spiro atoms. The lowest BCUT2D eigenvalue weighted by molar-refractivity contribution is -0.267. The number of anilines is 2. The minimum atomic E-state index is -5.10. The number of carbonyl (C=O) groups excluding carboxylic acids is 1. The molecule has 2 aliphatic heterocycles. The molecule has 31 heavy (non-hydrogen) atoms. The number of hydrogen-bond acceptors (Lipinski definition) is 5. The van der Waals surface area contributed by atoms with Crippen LogP contribution in [0.25, 0.3) is 0 Å². The molecule has 168 valence electrons. The van der Waals surface area contributed by atoms with Crippen LogP contribution in [0.15, 0.2) is 18.3 Å². The first-order valence-corrected chi connectivity index (χ1v) is 9.36. The molecule has 1 amide bonds. The molecule has 7 nitrogen and oxygen atoms in total. The summed E-state index contributed by atoms with van der Waals surface area (Å²) in [7, 11) is 0. The average molecular weight is 449 g/mol. The third kappa shape index (κ3) is 3.70. The Bertz CT molecular complexity index is 996. The number of pyridine rings is 1. The second-order valence-electron chi connectivity index (χ2n) is 7.60. The van der Waals surface area contributed by atoms with Crippen molar-refractivity contribution in [2.45, 2.75) is 43.1 Å². The van der Waals surface area contributed by atoms with Gasteiger partial charge < -0.3 is 15.3 Å². The Kier molecular flexibility index (Phi) is 4.91. The van der Waals surface area contributed by atoms with Crippen LogP contribution in [0.2, 0.25) is 0 Å². The Hall–Kier alpha value is -2.83. The summed E-state index contributed by atoms with van der Waals surface area (Å²) in [5.41, 5.74) is -4.72. The molecule has 2 aromatic rings. The minimum Gasteiger partial charge on any atom is -0.376 e. The number of aromatic amines is 1. The zero-order valence-electron chi connectivity index (χ0n) is 15.8.